The molecule has 25 heavy (non-hydrogen) atoms. The van der Waals surface area contributed by atoms with E-state index in [9.17, 15) is 18.0 Å². The Kier molecular flexibility index (Phi) is 5.08. The summed E-state index contributed by atoms with van der Waals surface area (Å²) < 4.78 is 44.2. The van der Waals surface area contributed by atoms with E-state index in [1.807, 2.05) is 0 Å². The van der Waals surface area contributed by atoms with E-state index in [4.69, 9.17) is 4.74 Å². The lowest BCUT2D eigenvalue weighted by molar-refractivity contribution is -0.102. The van der Waals surface area contributed by atoms with E-state index >= 15 is 0 Å². The van der Waals surface area contributed by atoms with Crippen LogP contribution in [0.5, 0.6) is 11.5 Å². The summed E-state index contributed by atoms with van der Waals surface area (Å²) >= 11 is 0. The molecule has 1 fully saturated rings. The van der Waals surface area contributed by atoms with Crippen LogP contribution in [-0.4, -0.2) is 37.0 Å². The Morgan fingerprint density at radius 1 is 1.08 bits per heavy atom. The van der Waals surface area contributed by atoms with E-state index in [1.54, 1.807) is 25.1 Å². The third-order valence-electron chi connectivity index (χ3n) is 4.37. The summed E-state index contributed by atoms with van der Waals surface area (Å²) in [6, 6.07) is 10.7. The molecule has 0 bridgehead atoms. The standard InChI is InChI=1S/C18H20FNO4S/c1-13-12-15(4-7-18(13)19)24-14-2-5-16(6-3-14)25(22,23)17-8-10-20(21)11-9-17/h2-7,12,17,21H,8-11H2,1H3. The molecule has 2 aromatic carbocycles. The van der Waals surface area contributed by atoms with Crippen molar-refractivity contribution in [3.63, 3.8) is 0 Å². The van der Waals surface area contributed by atoms with E-state index in [-0.39, 0.29) is 10.7 Å². The van der Waals surface area contributed by atoms with E-state index in [1.165, 1.54) is 24.3 Å². The van der Waals surface area contributed by atoms with Crippen LogP contribution in [0.15, 0.2) is 47.4 Å². The molecule has 0 aromatic heterocycles. The van der Waals surface area contributed by atoms with Gasteiger partial charge in [-0.1, -0.05) is 0 Å². The molecule has 0 unspecified atom stereocenters. The summed E-state index contributed by atoms with van der Waals surface area (Å²) in [5.74, 6) is 0.669. The average Bonchev–Trinajstić information content (AvgIpc) is 2.59. The SMILES string of the molecule is Cc1cc(Oc2ccc(S(=O)(=O)C3CCN(O)CC3)cc2)ccc1F. The Hall–Kier alpha value is -1.96. The number of ether oxygens (including phenoxy) is 1. The first-order valence-corrected chi connectivity index (χ1v) is 9.63. The van der Waals surface area contributed by atoms with Gasteiger partial charge in [-0.05, 0) is 67.8 Å². The highest BCUT2D eigenvalue weighted by Crippen LogP contribution is 2.28. The lowest BCUT2D eigenvalue weighted by Crippen LogP contribution is -2.37. The van der Waals surface area contributed by atoms with Crippen LogP contribution in [0.2, 0.25) is 0 Å². The van der Waals surface area contributed by atoms with Crippen LogP contribution in [0.1, 0.15) is 18.4 Å². The van der Waals surface area contributed by atoms with Crippen molar-refractivity contribution in [3.8, 4) is 11.5 Å². The molecule has 0 amide bonds. The molecule has 7 heteroatoms. The zero-order valence-electron chi connectivity index (χ0n) is 13.9. The number of hydrogen-bond donors (Lipinski definition) is 1. The van der Waals surface area contributed by atoms with Gasteiger partial charge in [0.25, 0.3) is 0 Å². The van der Waals surface area contributed by atoms with E-state index in [0.29, 0.717) is 43.0 Å². The third-order valence-corrected chi connectivity index (χ3v) is 6.65. The topological polar surface area (TPSA) is 66.8 Å². The Morgan fingerprint density at radius 3 is 2.28 bits per heavy atom. The molecule has 1 heterocycles. The van der Waals surface area contributed by atoms with E-state index in [2.05, 4.69) is 0 Å². The molecule has 1 aliphatic rings. The first kappa shape index (κ1) is 17.8. The number of benzene rings is 2. The molecule has 1 aliphatic heterocycles. The number of aryl methyl sites for hydroxylation is 1. The van der Waals surface area contributed by atoms with Crippen LogP contribution in [0.25, 0.3) is 0 Å². The summed E-state index contributed by atoms with van der Waals surface area (Å²) in [5, 5.41) is 10.0. The molecule has 1 saturated heterocycles. The maximum Gasteiger partial charge on any atom is 0.181 e. The van der Waals surface area contributed by atoms with Crippen LogP contribution in [0.3, 0.4) is 0 Å². The Balaban J connectivity index is 1.74. The molecule has 0 saturated carbocycles. The maximum absolute atomic E-state index is 13.3. The fraction of sp³-hybridized carbons (Fsp3) is 0.333. The van der Waals surface area contributed by atoms with Gasteiger partial charge in [-0.2, -0.15) is 5.06 Å². The van der Waals surface area contributed by atoms with Crippen LogP contribution in [-0.2, 0) is 9.84 Å². The number of hydrogen-bond acceptors (Lipinski definition) is 5. The van der Waals surface area contributed by atoms with Gasteiger partial charge < -0.3 is 9.94 Å². The fourth-order valence-corrected chi connectivity index (χ4v) is 4.59. The lowest BCUT2D eigenvalue weighted by Gasteiger charge is -2.27. The number of piperidine rings is 1. The lowest BCUT2D eigenvalue weighted by atomic mass is 10.2. The Labute approximate surface area is 146 Å². The van der Waals surface area contributed by atoms with Crippen LogP contribution >= 0.6 is 0 Å². The monoisotopic (exact) mass is 365 g/mol. The van der Waals surface area contributed by atoms with Gasteiger partial charge in [0.2, 0.25) is 0 Å². The quantitative estimate of drug-likeness (QED) is 0.897. The van der Waals surface area contributed by atoms with Crippen LogP contribution in [0, 0.1) is 12.7 Å². The molecule has 134 valence electrons. The minimum Gasteiger partial charge on any atom is -0.457 e. The van der Waals surface area contributed by atoms with E-state index in [0.717, 1.165) is 5.06 Å². The Morgan fingerprint density at radius 2 is 1.68 bits per heavy atom. The van der Waals surface area contributed by atoms with Crippen LogP contribution in [0.4, 0.5) is 4.39 Å². The van der Waals surface area contributed by atoms with Crippen molar-refractivity contribution in [2.24, 2.45) is 0 Å². The highest BCUT2D eigenvalue weighted by molar-refractivity contribution is 7.92. The van der Waals surface area contributed by atoms with Gasteiger partial charge in [0.05, 0.1) is 10.1 Å². The molecule has 0 spiro atoms. The van der Waals surface area contributed by atoms with Gasteiger partial charge in [0, 0.05) is 13.1 Å². The van der Waals surface area contributed by atoms with E-state index < -0.39 is 15.1 Å². The fourth-order valence-electron chi connectivity index (χ4n) is 2.86. The molecule has 1 N–H and O–H groups in total. The largest absolute Gasteiger partial charge is 0.457 e. The molecule has 0 radical (unpaired) electrons. The minimum atomic E-state index is -3.43. The number of halogens is 1. The highest BCUT2D eigenvalue weighted by Gasteiger charge is 2.30. The van der Waals surface area contributed by atoms with Gasteiger partial charge in [0.1, 0.15) is 17.3 Å². The number of nitrogens with zero attached hydrogens (tertiary/aromatic N) is 1. The highest BCUT2D eigenvalue weighted by atomic mass is 32.2. The predicted octanol–water partition coefficient (Wildman–Crippen LogP) is 3.55. The first-order valence-electron chi connectivity index (χ1n) is 8.08. The zero-order chi connectivity index (χ0) is 18.0. The van der Waals surface area contributed by atoms with Gasteiger partial charge in [-0.25, -0.2) is 12.8 Å². The Bertz CT molecular complexity index is 844. The zero-order valence-corrected chi connectivity index (χ0v) is 14.7. The van der Waals surface area contributed by atoms with Gasteiger partial charge in [-0.15, -0.1) is 0 Å². The smallest absolute Gasteiger partial charge is 0.181 e. The second kappa shape index (κ2) is 7.11. The average molecular weight is 365 g/mol. The first-order chi connectivity index (χ1) is 11.9. The van der Waals surface area contributed by atoms with Crippen molar-refractivity contribution in [2.45, 2.75) is 29.9 Å². The summed E-state index contributed by atoms with van der Waals surface area (Å²) in [6.45, 7) is 2.36. The van der Waals surface area contributed by atoms with Crippen molar-refractivity contribution in [1.29, 1.82) is 0 Å². The molecule has 2 aromatic rings. The van der Waals surface area contributed by atoms with Crippen molar-refractivity contribution >= 4 is 9.84 Å². The summed E-state index contributed by atoms with van der Waals surface area (Å²) in [7, 11) is -3.43. The molecular formula is C18H20FNO4S. The molecule has 5 nitrogen and oxygen atoms in total. The molecule has 0 aliphatic carbocycles. The molecule has 0 atom stereocenters. The second-order valence-electron chi connectivity index (χ2n) is 6.18. The molecular weight excluding hydrogens is 345 g/mol. The normalized spacial score (nSPS) is 16.8. The summed E-state index contributed by atoms with van der Waals surface area (Å²) in [4.78, 5) is 0.242. The summed E-state index contributed by atoms with van der Waals surface area (Å²) in [6.07, 6.45) is 0.817. The van der Waals surface area contributed by atoms with Crippen molar-refractivity contribution in [2.75, 3.05) is 13.1 Å². The third kappa shape index (κ3) is 4.00. The summed E-state index contributed by atoms with van der Waals surface area (Å²) in [5.41, 5.74) is 0.479. The molecule has 3 rings (SSSR count). The number of rotatable bonds is 4. The maximum atomic E-state index is 13.3. The van der Waals surface area contributed by atoms with Gasteiger partial charge >= 0.3 is 0 Å². The van der Waals surface area contributed by atoms with Crippen molar-refractivity contribution in [1.82, 2.24) is 5.06 Å². The predicted molar refractivity (Wildman–Crippen MR) is 91.2 cm³/mol. The number of sulfone groups is 1. The van der Waals surface area contributed by atoms with Gasteiger partial charge in [-0.3, -0.25) is 0 Å². The second-order valence-corrected chi connectivity index (χ2v) is 8.41. The van der Waals surface area contributed by atoms with Crippen molar-refractivity contribution < 1.29 is 22.8 Å². The minimum absolute atomic E-state index is 0.242. The van der Waals surface area contributed by atoms with Crippen LogP contribution < -0.4 is 4.74 Å². The van der Waals surface area contributed by atoms with Crippen molar-refractivity contribution in [3.05, 3.63) is 53.8 Å². The van der Waals surface area contributed by atoms with Gasteiger partial charge in [0.15, 0.2) is 9.84 Å². The number of hydroxylamine groups is 2.